The van der Waals surface area contributed by atoms with Crippen molar-refractivity contribution in [2.45, 2.75) is 6.36 Å². The molecule has 0 spiro atoms. The number of hydrogen-bond donors (Lipinski definition) is 1. The fourth-order valence-electron chi connectivity index (χ4n) is 1.59. The number of benzene rings is 2. The smallest absolute Gasteiger partial charge is 0.507 e. The highest BCUT2D eigenvalue weighted by Crippen LogP contribution is 2.31. The molecule has 2 nitrogen and oxygen atoms in total. The number of aromatic hydroxyl groups is 1. The van der Waals surface area contributed by atoms with Crippen LogP contribution >= 0.6 is 0 Å². The zero-order valence-electron chi connectivity index (χ0n) is 9.41. The predicted molar refractivity (Wildman–Crippen MR) is 60.2 cm³/mol. The summed E-state index contributed by atoms with van der Waals surface area (Å²) in [5.41, 5.74) is 0.770. The molecule has 0 bridgehead atoms. The number of phenolic OH excluding ortho intramolecular Hbond substituents is 1. The van der Waals surface area contributed by atoms with Crippen LogP contribution in [0.4, 0.5) is 17.6 Å². The second-order valence-electron chi connectivity index (χ2n) is 3.73. The molecule has 19 heavy (non-hydrogen) atoms. The maximum absolute atomic E-state index is 12.8. The van der Waals surface area contributed by atoms with Crippen molar-refractivity contribution in [3.63, 3.8) is 0 Å². The fraction of sp³-hybridized carbons (Fsp3) is 0.0769. The van der Waals surface area contributed by atoms with Crippen LogP contribution in [0.3, 0.4) is 0 Å². The van der Waals surface area contributed by atoms with Crippen LogP contribution in [0.15, 0.2) is 42.5 Å². The molecule has 0 atom stereocenters. The van der Waals surface area contributed by atoms with Crippen LogP contribution in [0.1, 0.15) is 0 Å². The van der Waals surface area contributed by atoms with Gasteiger partial charge in [-0.05, 0) is 29.8 Å². The number of alkyl halides is 3. The van der Waals surface area contributed by atoms with E-state index >= 15 is 0 Å². The maximum atomic E-state index is 12.8. The van der Waals surface area contributed by atoms with Gasteiger partial charge in [0.2, 0.25) is 0 Å². The van der Waals surface area contributed by atoms with Gasteiger partial charge in [-0.25, -0.2) is 4.39 Å². The lowest BCUT2D eigenvalue weighted by Crippen LogP contribution is -2.16. The molecule has 0 aromatic heterocycles. The SMILES string of the molecule is Oc1cc(F)ccc1-c1ccc(OC(F)(F)F)cc1. The normalized spacial score (nSPS) is 11.4. The lowest BCUT2D eigenvalue weighted by atomic mass is 10.0. The second-order valence-corrected chi connectivity index (χ2v) is 3.73. The van der Waals surface area contributed by atoms with Crippen molar-refractivity contribution in [3.05, 3.63) is 48.3 Å². The van der Waals surface area contributed by atoms with Gasteiger partial charge in [-0.3, -0.25) is 0 Å². The fourth-order valence-corrected chi connectivity index (χ4v) is 1.59. The molecule has 0 aliphatic rings. The van der Waals surface area contributed by atoms with Crippen LogP contribution in [0, 0.1) is 5.82 Å². The molecule has 0 amide bonds. The molecular formula is C13H8F4O2. The molecule has 0 heterocycles. The minimum atomic E-state index is -4.75. The molecule has 2 aromatic rings. The first kappa shape index (κ1) is 13.2. The van der Waals surface area contributed by atoms with E-state index in [-0.39, 0.29) is 11.5 Å². The minimum absolute atomic E-state index is 0.288. The Bertz CT molecular complexity index is 576. The molecule has 0 unspecified atom stereocenters. The van der Waals surface area contributed by atoms with Gasteiger partial charge in [-0.1, -0.05) is 12.1 Å². The van der Waals surface area contributed by atoms with Crippen molar-refractivity contribution in [1.29, 1.82) is 0 Å². The highest BCUT2D eigenvalue weighted by molar-refractivity contribution is 5.70. The molecule has 6 heteroatoms. The quantitative estimate of drug-likeness (QED) is 0.834. The molecule has 100 valence electrons. The highest BCUT2D eigenvalue weighted by Gasteiger charge is 2.30. The predicted octanol–water partition coefficient (Wildman–Crippen LogP) is 4.10. The van der Waals surface area contributed by atoms with E-state index in [1.54, 1.807) is 0 Å². The number of ether oxygens (including phenoxy) is 1. The van der Waals surface area contributed by atoms with Gasteiger partial charge in [0.05, 0.1) is 0 Å². The maximum Gasteiger partial charge on any atom is 0.573 e. The Kier molecular flexibility index (Phi) is 3.33. The Balaban J connectivity index is 2.27. The molecule has 0 saturated heterocycles. The summed E-state index contributed by atoms with van der Waals surface area (Å²) in [5.74, 6) is -1.25. The monoisotopic (exact) mass is 272 g/mol. The summed E-state index contributed by atoms with van der Waals surface area (Å²) in [7, 11) is 0. The van der Waals surface area contributed by atoms with Gasteiger partial charge >= 0.3 is 6.36 Å². The third kappa shape index (κ3) is 3.37. The molecule has 0 saturated carbocycles. The van der Waals surface area contributed by atoms with Crippen molar-refractivity contribution in [1.82, 2.24) is 0 Å². The van der Waals surface area contributed by atoms with Gasteiger partial charge in [0.15, 0.2) is 0 Å². The van der Waals surface area contributed by atoms with Gasteiger partial charge in [0.1, 0.15) is 17.3 Å². The van der Waals surface area contributed by atoms with Crippen LogP contribution in [0.25, 0.3) is 11.1 Å². The van der Waals surface area contributed by atoms with Crippen LogP contribution in [0.5, 0.6) is 11.5 Å². The average molecular weight is 272 g/mol. The van der Waals surface area contributed by atoms with E-state index in [1.165, 1.54) is 18.2 Å². The average Bonchev–Trinajstić information content (AvgIpc) is 2.28. The molecule has 0 aliphatic heterocycles. The van der Waals surface area contributed by atoms with E-state index in [2.05, 4.69) is 4.74 Å². The first-order valence-electron chi connectivity index (χ1n) is 5.20. The Labute approximate surface area is 105 Å². The van der Waals surface area contributed by atoms with E-state index in [1.807, 2.05) is 0 Å². The van der Waals surface area contributed by atoms with Crippen LogP contribution in [-0.4, -0.2) is 11.5 Å². The molecule has 2 rings (SSSR count). The largest absolute Gasteiger partial charge is 0.573 e. The van der Waals surface area contributed by atoms with Crippen molar-refractivity contribution in [2.24, 2.45) is 0 Å². The summed E-state index contributed by atoms with van der Waals surface area (Å²) in [6.07, 6.45) is -4.75. The van der Waals surface area contributed by atoms with Gasteiger partial charge in [-0.2, -0.15) is 0 Å². The summed E-state index contributed by atoms with van der Waals surface area (Å²) in [5, 5.41) is 9.55. The third-order valence-electron chi connectivity index (χ3n) is 2.36. The minimum Gasteiger partial charge on any atom is -0.507 e. The summed E-state index contributed by atoms with van der Waals surface area (Å²) in [6, 6.07) is 8.33. The lowest BCUT2D eigenvalue weighted by Gasteiger charge is -2.10. The topological polar surface area (TPSA) is 29.5 Å². The van der Waals surface area contributed by atoms with Gasteiger partial charge in [-0.15, -0.1) is 13.2 Å². The summed E-state index contributed by atoms with van der Waals surface area (Å²) in [4.78, 5) is 0. The van der Waals surface area contributed by atoms with Crippen LogP contribution in [0.2, 0.25) is 0 Å². The van der Waals surface area contributed by atoms with Crippen molar-refractivity contribution in [3.8, 4) is 22.6 Å². The summed E-state index contributed by atoms with van der Waals surface area (Å²) < 4.78 is 52.4. The number of hydrogen-bond acceptors (Lipinski definition) is 2. The second kappa shape index (κ2) is 4.79. The molecule has 0 aliphatic carbocycles. The number of phenols is 1. The molecule has 1 N–H and O–H groups in total. The first-order chi connectivity index (χ1) is 8.85. The number of rotatable bonds is 2. The highest BCUT2D eigenvalue weighted by atomic mass is 19.4. The standard InChI is InChI=1S/C13H8F4O2/c14-9-3-6-11(12(18)7-9)8-1-4-10(5-2-8)19-13(15,16)17/h1-7,18H. The van der Waals surface area contributed by atoms with E-state index in [4.69, 9.17) is 0 Å². The van der Waals surface area contributed by atoms with Gasteiger partial charge in [0.25, 0.3) is 0 Å². The van der Waals surface area contributed by atoms with E-state index in [0.717, 1.165) is 24.3 Å². The van der Waals surface area contributed by atoms with Crippen LogP contribution in [-0.2, 0) is 0 Å². The first-order valence-corrected chi connectivity index (χ1v) is 5.20. The van der Waals surface area contributed by atoms with E-state index in [9.17, 15) is 22.7 Å². The molecule has 0 radical (unpaired) electrons. The Morgan fingerprint density at radius 3 is 2.11 bits per heavy atom. The van der Waals surface area contributed by atoms with Crippen molar-refractivity contribution >= 4 is 0 Å². The van der Waals surface area contributed by atoms with Crippen LogP contribution < -0.4 is 4.74 Å². The Hall–Kier alpha value is -2.24. The van der Waals surface area contributed by atoms with Gasteiger partial charge < -0.3 is 9.84 Å². The number of halogens is 4. The zero-order chi connectivity index (χ0) is 14.0. The van der Waals surface area contributed by atoms with Crippen molar-refractivity contribution < 1.29 is 27.4 Å². The lowest BCUT2D eigenvalue weighted by molar-refractivity contribution is -0.274. The van der Waals surface area contributed by atoms with Gasteiger partial charge in [0, 0.05) is 11.6 Å². The molecule has 0 fully saturated rings. The third-order valence-corrected chi connectivity index (χ3v) is 2.36. The summed E-state index contributed by atoms with van der Waals surface area (Å²) in [6.45, 7) is 0. The van der Waals surface area contributed by atoms with E-state index in [0.29, 0.717) is 11.1 Å². The zero-order valence-corrected chi connectivity index (χ0v) is 9.41. The molecule has 2 aromatic carbocycles. The summed E-state index contributed by atoms with van der Waals surface area (Å²) >= 11 is 0. The Morgan fingerprint density at radius 2 is 1.58 bits per heavy atom. The van der Waals surface area contributed by atoms with E-state index < -0.39 is 12.2 Å². The van der Waals surface area contributed by atoms with Crippen molar-refractivity contribution in [2.75, 3.05) is 0 Å². The Morgan fingerprint density at radius 1 is 0.947 bits per heavy atom. The molecular weight excluding hydrogens is 264 g/mol.